The normalized spacial score (nSPS) is 10.7. The summed E-state index contributed by atoms with van der Waals surface area (Å²) in [7, 11) is 0. The van der Waals surface area contributed by atoms with Crippen molar-refractivity contribution in [2.24, 2.45) is 0 Å². The van der Waals surface area contributed by atoms with Crippen molar-refractivity contribution in [2.75, 3.05) is 16.8 Å². The summed E-state index contributed by atoms with van der Waals surface area (Å²) in [5.41, 5.74) is 3.18. The minimum Gasteiger partial charge on any atom is -0.310 e. The van der Waals surface area contributed by atoms with Crippen molar-refractivity contribution in [3.63, 3.8) is 0 Å². The topological polar surface area (TPSA) is 83.6 Å². The molecule has 0 fully saturated rings. The Labute approximate surface area is 182 Å². The lowest BCUT2D eigenvalue weighted by Crippen LogP contribution is -2.17. The Balaban J connectivity index is 1.76. The van der Waals surface area contributed by atoms with Gasteiger partial charge in [-0.3, -0.25) is 9.36 Å². The summed E-state index contributed by atoms with van der Waals surface area (Å²) in [6, 6.07) is 11.9. The number of amides is 1. The monoisotopic (exact) mass is 443 g/mol. The minimum atomic E-state index is -0.181. The Hall–Kier alpha value is -2.28. The van der Waals surface area contributed by atoms with E-state index < -0.39 is 0 Å². The third-order valence-electron chi connectivity index (χ3n) is 4.24. The van der Waals surface area contributed by atoms with Crippen molar-refractivity contribution in [1.29, 1.82) is 5.26 Å². The van der Waals surface area contributed by atoms with Crippen molar-refractivity contribution in [3.05, 3.63) is 47.2 Å². The number of carbonyl (C=O) groups is 1. The van der Waals surface area contributed by atoms with E-state index in [4.69, 9.17) is 0 Å². The lowest BCUT2D eigenvalue weighted by atomic mass is 10.2. The Bertz CT molecular complexity index is 1040. The van der Waals surface area contributed by atoms with Gasteiger partial charge in [0.25, 0.3) is 0 Å². The number of benzene rings is 1. The van der Waals surface area contributed by atoms with Gasteiger partial charge in [0.1, 0.15) is 11.9 Å². The van der Waals surface area contributed by atoms with E-state index >= 15 is 0 Å². The number of hydrogen-bond acceptors (Lipinski definition) is 7. The fourth-order valence-electron chi connectivity index (χ4n) is 2.76. The molecule has 0 spiro atoms. The van der Waals surface area contributed by atoms with Crippen LogP contribution in [0.15, 0.2) is 39.0 Å². The summed E-state index contributed by atoms with van der Waals surface area (Å²) in [4.78, 5) is 12.6. The third kappa shape index (κ3) is 5.01. The maximum absolute atomic E-state index is 12.6. The zero-order valence-electron chi connectivity index (χ0n) is 16.4. The van der Waals surface area contributed by atoms with Gasteiger partial charge < -0.3 is 5.32 Å². The number of rotatable bonds is 8. The molecular formula is C20H21N5OS3. The van der Waals surface area contributed by atoms with Crippen molar-refractivity contribution >= 4 is 46.6 Å². The van der Waals surface area contributed by atoms with E-state index in [-0.39, 0.29) is 11.7 Å². The average Bonchev–Trinajstić information content (AvgIpc) is 3.28. The molecule has 2 aromatic heterocycles. The van der Waals surface area contributed by atoms with Crippen LogP contribution >= 0.6 is 34.9 Å². The quantitative estimate of drug-likeness (QED) is 0.491. The molecule has 0 bridgehead atoms. The predicted molar refractivity (Wildman–Crippen MR) is 120 cm³/mol. The number of anilines is 1. The number of hydrogen-bond donors (Lipinski definition) is 1. The fraction of sp³-hybridized carbons (Fsp3) is 0.300. The van der Waals surface area contributed by atoms with Crippen LogP contribution in [0.1, 0.15) is 30.2 Å². The molecular weight excluding hydrogens is 422 g/mol. The number of thioether (sulfide) groups is 2. The minimum absolute atomic E-state index is 0.181. The van der Waals surface area contributed by atoms with E-state index in [1.165, 1.54) is 23.1 Å². The lowest BCUT2D eigenvalue weighted by Gasteiger charge is -2.13. The maximum atomic E-state index is 12.6. The maximum Gasteiger partial charge on any atom is 0.235 e. The average molecular weight is 444 g/mol. The number of nitrogens with one attached hydrogen (secondary N) is 1. The van der Waals surface area contributed by atoms with Crippen molar-refractivity contribution in [1.82, 2.24) is 14.8 Å². The van der Waals surface area contributed by atoms with Crippen LogP contribution in [0.25, 0.3) is 5.69 Å². The molecule has 1 amide bonds. The lowest BCUT2D eigenvalue weighted by molar-refractivity contribution is -0.113. The summed E-state index contributed by atoms with van der Waals surface area (Å²) in [6.07, 6.45) is 1.08. The molecule has 0 aliphatic rings. The molecule has 1 N–H and O–H groups in total. The van der Waals surface area contributed by atoms with E-state index in [2.05, 4.69) is 28.5 Å². The molecule has 0 unspecified atom stereocenters. The van der Waals surface area contributed by atoms with Crippen LogP contribution in [0.4, 0.5) is 5.82 Å². The second-order valence-electron chi connectivity index (χ2n) is 6.24. The van der Waals surface area contributed by atoms with Gasteiger partial charge in [-0.15, -0.1) is 10.2 Å². The van der Waals surface area contributed by atoms with Gasteiger partial charge in [0.05, 0.1) is 11.3 Å². The molecule has 150 valence electrons. The first-order valence-corrected chi connectivity index (χ1v) is 11.9. The summed E-state index contributed by atoms with van der Waals surface area (Å²) in [6.45, 7) is 5.97. The second kappa shape index (κ2) is 9.96. The number of nitrogens with zero attached hydrogens (tertiary/aromatic N) is 4. The smallest absolute Gasteiger partial charge is 0.235 e. The number of para-hydroxylation sites is 1. The first kappa shape index (κ1) is 21.4. The molecule has 0 saturated heterocycles. The predicted octanol–water partition coefficient (Wildman–Crippen LogP) is 5.05. The third-order valence-corrected chi connectivity index (χ3v) is 7.64. The van der Waals surface area contributed by atoms with Gasteiger partial charge in [-0.2, -0.15) is 5.26 Å². The molecule has 2 heterocycles. The highest BCUT2D eigenvalue weighted by Gasteiger charge is 2.21. The Morgan fingerprint density at radius 2 is 1.90 bits per heavy atom. The van der Waals surface area contributed by atoms with E-state index in [1.54, 1.807) is 11.8 Å². The van der Waals surface area contributed by atoms with Crippen LogP contribution in [-0.4, -0.2) is 32.2 Å². The number of aromatic nitrogens is 3. The van der Waals surface area contributed by atoms with Crippen LogP contribution in [-0.2, 0) is 4.79 Å². The van der Waals surface area contributed by atoms with Gasteiger partial charge in [0.2, 0.25) is 5.91 Å². The Morgan fingerprint density at radius 3 is 2.55 bits per heavy atom. The zero-order valence-corrected chi connectivity index (χ0v) is 18.9. The van der Waals surface area contributed by atoms with Crippen molar-refractivity contribution in [3.8, 4) is 11.8 Å². The molecule has 0 radical (unpaired) electrons. The fourth-order valence-corrected chi connectivity index (χ4v) is 5.50. The molecule has 1 aromatic carbocycles. The van der Waals surface area contributed by atoms with Crippen LogP contribution in [0.2, 0.25) is 0 Å². The van der Waals surface area contributed by atoms with Gasteiger partial charge in [0.15, 0.2) is 8.68 Å². The second-order valence-corrected chi connectivity index (χ2v) is 9.78. The summed E-state index contributed by atoms with van der Waals surface area (Å²) in [5.74, 6) is 1.54. The number of carbonyl (C=O) groups excluding carboxylic acids is 1. The molecule has 29 heavy (non-hydrogen) atoms. The summed E-state index contributed by atoms with van der Waals surface area (Å²) in [5, 5.41) is 20.9. The Morgan fingerprint density at radius 1 is 1.21 bits per heavy atom. The number of nitriles is 1. The van der Waals surface area contributed by atoms with Crippen LogP contribution in [0.3, 0.4) is 0 Å². The molecule has 0 aliphatic carbocycles. The molecule has 3 aromatic rings. The molecule has 6 nitrogen and oxygen atoms in total. The SMILES string of the molecule is CCCSc1nnc(SCC(=O)Nc2c(C#N)c(C)c(C)n2-c2ccccc2)s1. The molecule has 0 aliphatic heterocycles. The van der Waals surface area contributed by atoms with Crippen molar-refractivity contribution in [2.45, 2.75) is 35.9 Å². The molecule has 0 atom stereocenters. The zero-order chi connectivity index (χ0) is 20.8. The van der Waals surface area contributed by atoms with Gasteiger partial charge in [-0.1, -0.05) is 60.0 Å². The van der Waals surface area contributed by atoms with E-state index in [0.717, 1.165) is 37.8 Å². The summed E-state index contributed by atoms with van der Waals surface area (Å²) < 4.78 is 3.61. The van der Waals surface area contributed by atoms with Gasteiger partial charge >= 0.3 is 0 Å². The van der Waals surface area contributed by atoms with E-state index in [1.807, 2.05) is 48.7 Å². The first-order chi connectivity index (χ1) is 14.0. The molecule has 3 rings (SSSR count). The van der Waals surface area contributed by atoms with Crippen molar-refractivity contribution < 1.29 is 4.79 Å². The van der Waals surface area contributed by atoms with Gasteiger partial charge in [-0.05, 0) is 38.0 Å². The van der Waals surface area contributed by atoms with E-state index in [9.17, 15) is 10.1 Å². The molecule has 9 heteroatoms. The first-order valence-electron chi connectivity index (χ1n) is 9.11. The van der Waals surface area contributed by atoms with Gasteiger partial charge in [0, 0.05) is 17.1 Å². The van der Waals surface area contributed by atoms with Crippen LogP contribution in [0, 0.1) is 25.2 Å². The summed E-state index contributed by atoms with van der Waals surface area (Å²) >= 11 is 4.54. The van der Waals surface area contributed by atoms with Crippen LogP contribution < -0.4 is 5.32 Å². The van der Waals surface area contributed by atoms with E-state index in [0.29, 0.717) is 11.4 Å². The Kier molecular flexibility index (Phi) is 7.36. The highest BCUT2D eigenvalue weighted by Crippen LogP contribution is 2.31. The highest BCUT2D eigenvalue weighted by atomic mass is 32.2. The standard InChI is InChI=1S/C20H21N5OS3/c1-4-10-27-19-23-24-20(29-19)28-12-17(26)22-18-16(11-21)13(2)14(3)25(18)15-8-6-5-7-9-15/h5-9H,4,10,12H2,1-3H3,(H,22,26). The highest BCUT2D eigenvalue weighted by molar-refractivity contribution is 8.03. The van der Waals surface area contributed by atoms with Crippen LogP contribution in [0.5, 0.6) is 0 Å². The van der Waals surface area contributed by atoms with Gasteiger partial charge in [-0.25, -0.2) is 0 Å². The largest absolute Gasteiger partial charge is 0.310 e. The molecule has 0 saturated carbocycles.